The molecule has 0 N–H and O–H groups in total. The minimum atomic E-state index is -0.0263. The Labute approximate surface area is 182 Å². The van der Waals surface area contributed by atoms with Crippen LogP contribution in [0.2, 0.25) is 0 Å². The van der Waals surface area contributed by atoms with Gasteiger partial charge >= 0.3 is 0 Å². The summed E-state index contributed by atoms with van der Waals surface area (Å²) < 4.78 is 1.74. The fraction of sp³-hybridized carbons (Fsp3) is 0.280. The van der Waals surface area contributed by atoms with Crippen molar-refractivity contribution in [2.75, 3.05) is 7.05 Å². The van der Waals surface area contributed by atoms with E-state index < -0.39 is 0 Å². The second-order valence-electron chi connectivity index (χ2n) is 8.27. The normalized spacial score (nSPS) is 12.2. The van der Waals surface area contributed by atoms with Crippen LogP contribution in [-0.4, -0.2) is 43.6 Å². The quantitative estimate of drug-likeness (QED) is 0.488. The lowest BCUT2D eigenvalue weighted by Gasteiger charge is -2.25. The van der Waals surface area contributed by atoms with E-state index in [0.29, 0.717) is 12.0 Å². The van der Waals surface area contributed by atoms with Crippen molar-refractivity contribution in [1.82, 2.24) is 24.6 Å². The van der Waals surface area contributed by atoms with Crippen LogP contribution >= 0.6 is 0 Å². The highest BCUT2D eigenvalue weighted by atomic mass is 16.2. The largest absolute Gasteiger partial charge is 0.339 e. The number of aromatic nitrogens is 4. The van der Waals surface area contributed by atoms with E-state index in [2.05, 4.69) is 30.0 Å². The number of benzene rings is 1. The van der Waals surface area contributed by atoms with E-state index in [0.717, 1.165) is 33.4 Å². The maximum atomic E-state index is 13.6. The van der Waals surface area contributed by atoms with Crippen LogP contribution in [-0.2, 0) is 13.5 Å². The second kappa shape index (κ2) is 8.30. The molecule has 0 aliphatic rings. The number of carbonyl (C=O) groups excluding carboxylic acids is 1. The molecule has 1 amide bonds. The molecule has 0 bridgehead atoms. The molecule has 6 heteroatoms. The van der Waals surface area contributed by atoms with E-state index in [4.69, 9.17) is 4.98 Å². The zero-order valence-electron chi connectivity index (χ0n) is 18.6. The number of amides is 1. The molecule has 1 atom stereocenters. The molecule has 0 aliphatic carbocycles. The van der Waals surface area contributed by atoms with E-state index >= 15 is 0 Å². The zero-order chi connectivity index (χ0) is 22.1. The van der Waals surface area contributed by atoms with Crippen LogP contribution in [0.15, 0.2) is 55.0 Å². The number of carbonyl (C=O) groups is 1. The SMILES string of the molecule is Cc1ccnc(CC(C)N(C)C(=O)c2cc(-c3cnn(C)c3)nc3cc(C)ccc23)c1. The zero-order valence-corrected chi connectivity index (χ0v) is 18.6. The van der Waals surface area contributed by atoms with Gasteiger partial charge in [-0.3, -0.25) is 14.5 Å². The Morgan fingerprint density at radius 2 is 1.90 bits per heavy atom. The number of fused-ring (bicyclic) bond motifs is 1. The molecule has 0 radical (unpaired) electrons. The Morgan fingerprint density at radius 1 is 1.13 bits per heavy atom. The maximum absolute atomic E-state index is 13.6. The average molecular weight is 414 g/mol. The minimum absolute atomic E-state index is 0.00249. The second-order valence-corrected chi connectivity index (χ2v) is 8.27. The highest BCUT2D eigenvalue weighted by Crippen LogP contribution is 2.27. The van der Waals surface area contributed by atoms with Gasteiger partial charge in [-0.25, -0.2) is 4.98 Å². The molecule has 0 fully saturated rings. The van der Waals surface area contributed by atoms with E-state index in [9.17, 15) is 4.79 Å². The third-order valence-corrected chi connectivity index (χ3v) is 5.65. The molecule has 0 spiro atoms. The van der Waals surface area contributed by atoms with Crippen molar-refractivity contribution in [2.45, 2.75) is 33.2 Å². The summed E-state index contributed by atoms with van der Waals surface area (Å²) in [5, 5.41) is 5.11. The summed E-state index contributed by atoms with van der Waals surface area (Å²) in [4.78, 5) is 24.6. The Kier molecular flexibility index (Phi) is 5.55. The lowest BCUT2D eigenvalue weighted by atomic mass is 10.0. The van der Waals surface area contributed by atoms with Crippen molar-refractivity contribution in [1.29, 1.82) is 0 Å². The Balaban J connectivity index is 1.72. The number of pyridine rings is 2. The lowest BCUT2D eigenvalue weighted by molar-refractivity contribution is 0.0745. The molecule has 6 nitrogen and oxygen atoms in total. The first-order valence-corrected chi connectivity index (χ1v) is 10.4. The number of aryl methyl sites for hydroxylation is 3. The summed E-state index contributed by atoms with van der Waals surface area (Å²) in [7, 11) is 3.72. The van der Waals surface area contributed by atoms with Crippen LogP contribution in [0.5, 0.6) is 0 Å². The first kappa shape index (κ1) is 20.7. The van der Waals surface area contributed by atoms with Gasteiger partial charge in [-0.05, 0) is 56.2 Å². The summed E-state index contributed by atoms with van der Waals surface area (Å²) in [5.74, 6) is -0.0263. The molecule has 1 unspecified atom stereocenters. The van der Waals surface area contributed by atoms with Crippen LogP contribution in [0.1, 0.15) is 34.1 Å². The Morgan fingerprint density at radius 3 is 2.61 bits per heavy atom. The van der Waals surface area contributed by atoms with Gasteiger partial charge in [0.15, 0.2) is 0 Å². The van der Waals surface area contributed by atoms with Crippen molar-refractivity contribution in [3.63, 3.8) is 0 Å². The topological polar surface area (TPSA) is 63.9 Å². The van der Waals surface area contributed by atoms with Gasteiger partial charge in [-0.2, -0.15) is 5.10 Å². The van der Waals surface area contributed by atoms with E-state index in [1.54, 1.807) is 15.8 Å². The standard InChI is InChI=1S/C25H27N5O/c1-16-6-7-21-22(13-23(28-24(21)11-16)19-14-27-29(4)15-19)25(31)30(5)18(3)12-20-10-17(2)8-9-26-20/h6-11,13-15,18H,12H2,1-5H3. The predicted molar refractivity (Wildman–Crippen MR) is 123 cm³/mol. The van der Waals surface area contributed by atoms with Gasteiger partial charge in [0.25, 0.3) is 5.91 Å². The van der Waals surface area contributed by atoms with Gasteiger partial charge in [-0.1, -0.05) is 12.1 Å². The van der Waals surface area contributed by atoms with Gasteiger partial charge in [0.1, 0.15) is 0 Å². The minimum Gasteiger partial charge on any atom is -0.339 e. The first-order valence-electron chi connectivity index (χ1n) is 10.4. The first-order chi connectivity index (χ1) is 14.8. The van der Waals surface area contributed by atoms with E-state index in [1.807, 2.05) is 63.7 Å². The van der Waals surface area contributed by atoms with E-state index in [1.165, 1.54) is 5.56 Å². The molecule has 3 heterocycles. The summed E-state index contributed by atoms with van der Waals surface area (Å²) >= 11 is 0. The molecule has 3 aromatic heterocycles. The van der Waals surface area contributed by atoms with Crippen molar-refractivity contribution in [2.24, 2.45) is 7.05 Å². The van der Waals surface area contributed by atoms with Crippen LogP contribution in [0.3, 0.4) is 0 Å². The number of hydrogen-bond acceptors (Lipinski definition) is 4. The third-order valence-electron chi connectivity index (χ3n) is 5.65. The summed E-state index contributed by atoms with van der Waals surface area (Å²) in [6.07, 6.45) is 6.20. The molecule has 0 aliphatic heterocycles. The van der Waals surface area contributed by atoms with E-state index in [-0.39, 0.29) is 11.9 Å². The fourth-order valence-corrected chi connectivity index (χ4v) is 3.76. The van der Waals surface area contributed by atoms with Gasteiger partial charge in [0.05, 0.1) is 23.0 Å². The van der Waals surface area contributed by atoms with Crippen molar-refractivity contribution >= 4 is 16.8 Å². The molecular weight excluding hydrogens is 386 g/mol. The molecule has 158 valence electrons. The molecule has 0 saturated heterocycles. The monoisotopic (exact) mass is 413 g/mol. The molecular formula is C25H27N5O. The van der Waals surface area contributed by atoms with Crippen LogP contribution in [0.4, 0.5) is 0 Å². The molecule has 1 aromatic carbocycles. The number of likely N-dealkylation sites (N-methyl/N-ethyl adjacent to an activating group) is 1. The van der Waals surface area contributed by atoms with Crippen molar-refractivity contribution in [3.8, 4) is 11.3 Å². The van der Waals surface area contributed by atoms with Crippen molar-refractivity contribution < 1.29 is 4.79 Å². The van der Waals surface area contributed by atoms with Crippen LogP contribution < -0.4 is 0 Å². The highest BCUT2D eigenvalue weighted by Gasteiger charge is 2.22. The fourth-order valence-electron chi connectivity index (χ4n) is 3.76. The van der Waals surface area contributed by atoms with Crippen LogP contribution in [0, 0.1) is 13.8 Å². The summed E-state index contributed by atoms with van der Waals surface area (Å²) in [5.41, 5.74) is 6.35. The maximum Gasteiger partial charge on any atom is 0.254 e. The van der Waals surface area contributed by atoms with Crippen LogP contribution in [0.25, 0.3) is 22.2 Å². The molecule has 31 heavy (non-hydrogen) atoms. The molecule has 0 saturated carbocycles. The summed E-state index contributed by atoms with van der Waals surface area (Å²) in [6.45, 7) is 6.13. The smallest absolute Gasteiger partial charge is 0.254 e. The number of rotatable bonds is 5. The predicted octanol–water partition coefficient (Wildman–Crippen LogP) is 4.35. The molecule has 4 rings (SSSR count). The third kappa shape index (κ3) is 4.33. The number of nitrogens with zero attached hydrogens (tertiary/aromatic N) is 5. The van der Waals surface area contributed by atoms with Gasteiger partial charge in [0, 0.05) is 55.6 Å². The van der Waals surface area contributed by atoms with Gasteiger partial charge in [0.2, 0.25) is 0 Å². The molecule has 4 aromatic rings. The van der Waals surface area contributed by atoms with Gasteiger partial charge in [-0.15, -0.1) is 0 Å². The average Bonchev–Trinajstić information content (AvgIpc) is 3.18. The van der Waals surface area contributed by atoms with Crippen molar-refractivity contribution in [3.05, 3.63) is 77.4 Å². The van der Waals surface area contributed by atoms with Gasteiger partial charge < -0.3 is 4.90 Å². The Bertz CT molecular complexity index is 1260. The summed E-state index contributed by atoms with van der Waals surface area (Å²) in [6, 6.07) is 12.0. The lowest BCUT2D eigenvalue weighted by Crippen LogP contribution is -2.36. The Hall–Kier alpha value is -3.54. The highest BCUT2D eigenvalue weighted by molar-refractivity contribution is 6.07. The number of hydrogen-bond donors (Lipinski definition) is 0.